The van der Waals surface area contributed by atoms with E-state index in [1.807, 2.05) is 22.6 Å². The van der Waals surface area contributed by atoms with Gasteiger partial charge in [0.25, 0.3) is 17.8 Å². The Balaban J connectivity index is 1.78. The third-order valence-electron chi connectivity index (χ3n) is 3.93. The minimum Gasteiger partial charge on any atom is -0.269 e. The lowest BCUT2D eigenvalue weighted by Crippen LogP contribution is -2.34. The summed E-state index contributed by atoms with van der Waals surface area (Å²) < 4.78 is 1.93. The minimum atomic E-state index is -0.618. The molecule has 1 unspecified atom stereocenters. The second-order valence-corrected chi connectivity index (χ2v) is 6.37. The van der Waals surface area contributed by atoms with Gasteiger partial charge in [-0.1, -0.05) is 12.1 Å². The molecule has 8 nitrogen and oxygen atoms in total. The van der Waals surface area contributed by atoms with E-state index in [9.17, 15) is 9.59 Å². The normalized spacial score (nSPS) is 14.7. The van der Waals surface area contributed by atoms with E-state index < -0.39 is 6.04 Å². The molecule has 2 amide bonds. The third kappa shape index (κ3) is 2.51. The molecule has 0 N–H and O–H groups in total. The maximum Gasteiger partial charge on any atom is 0.262 e. The van der Waals surface area contributed by atoms with E-state index in [-0.39, 0.29) is 11.8 Å². The van der Waals surface area contributed by atoms with Gasteiger partial charge in [0.05, 0.1) is 17.2 Å². The second-order valence-electron chi connectivity index (χ2n) is 5.40. The number of carbonyl (C=O) groups excluding carboxylic acids is 2. The number of rotatable bonds is 3. The van der Waals surface area contributed by atoms with Crippen molar-refractivity contribution in [3.05, 3.63) is 63.5 Å². The molecule has 2 aromatic heterocycles. The standard InChI is InChI=1S/C16H11IN6O2/c1-9(22-13(24)10-5-2-3-6-11(10)14(22)25)12-20-15(17)21-23(12)16-18-7-4-8-19-16/h2-9H,1H3. The summed E-state index contributed by atoms with van der Waals surface area (Å²) in [5.74, 6) is 0.0692. The smallest absolute Gasteiger partial charge is 0.262 e. The molecule has 0 fully saturated rings. The number of nitrogens with zero attached hydrogens (tertiary/aromatic N) is 6. The molecule has 25 heavy (non-hydrogen) atoms. The van der Waals surface area contributed by atoms with E-state index in [1.54, 1.807) is 49.6 Å². The Bertz CT molecular complexity index is 952. The summed E-state index contributed by atoms with van der Waals surface area (Å²) in [7, 11) is 0. The number of halogens is 1. The highest BCUT2D eigenvalue weighted by molar-refractivity contribution is 14.1. The fourth-order valence-corrected chi connectivity index (χ4v) is 3.25. The summed E-state index contributed by atoms with van der Waals surface area (Å²) in [4.78, 5) is 39.3. The summed E-state index contributed by atoms with van der Waals surface area (Å²) in [6.45, 7) is 1.74. The zero-order valence-corrected chi connectivity index (χ0v) is 15.2. The highest BCUT2D eigenvalue weighted by Crippen LogP contribution is 2.31. The molecule has 3 heterocycles. The summed E-state index contributed by atoms with van der Waals surface area (Å²) >= 11 is 1.97. The van der Waals surface area contributed by atoms with Crippen molar-refractivity contribution < 1.29 is 9.59 Å². The van der Waals surface area contributed by atoms with Gasteiger partial charge in [0.1, 0.15) is 0 Å². The third-order valence-corrected chi connectivity index (χ3v) is 4.39. The Hall–Kier alpha value is -2.69. The number of carbonyl (C=O) groups is 2. The average Bonchev–Trinajstić information content (AvgIpc) is 3.14. The summed E-state index contributed by atoms with van der Waals surface area (Å²) in [6, 6.07) is 7.85. The molecule has 3 aromatic rings. The molecule has 1 atom stereocenters. The molecule has 1 aliphatic heterocycles. The minimum absolute atomic E-state index is 0.330. The lowest BCUT2D eigenvalue weighted by molar-refractivity contribution is 0.0587. The Kier molecular flexibility index (Phi) is 3.79. The van der Waals surface area contributed by atoms with Crippen LogP contribution in [0.1, 0.15) is 39.5 Å². The topological polar surface area (TPSA) is 93.9 Å². The molecular weight excluding hydrogens is 435 g/mol. The van der Waals surface area contributed by atoms with Crippen LogP contribution in [-0.2, 0) is 0 Å². The van der Waals surface area contributed by atoms with Crippen molar-refractivity contribution in [2.45, 2.75) is 13.0 Å². The Morgan fingerprint density at radius 3 is 2.20 bits per heavy atom. The monoisotopic (exact) mass is 446 g/mol. The first-order chi connectivity index (χ1) is 12.1. The van der Waals surface area contributed by atoms with Crippen molar-refractivity contribution in [3.63, 3.8) is 0 Å². The van der Waals surface area contributed by atoms with Crippen LogP contribution in [0.2, 0.25) is 0 Å². The number of fused-ring (bicyclic) bond motifs is 1. The Labute approximate surface area is 156 Å². The maximum absolute atomic E-state index is 12.7. The first-order valence-corrected chi connectivity index (χ1v) is 8.52. The average molecular weight is 446 g/mol. The number of benzene rings is 1. The van der Waals surface area contributed by atoms with Gasteiger partial charge >= 0.3 is 0 Å². The van der Waals surface area contributed by atoms with E-state index in [4.69, 9.17) is 0 Å². The van der Waals surface area contributed by atoms with Crippen LogP contribution in [-0.4, -0.2) is 41.4 Å². The molecule has 9 heteroatoms. The Morgan fingerprint density at radius 1 is 1.00 bits per heavy atom. The molecule has 0 saturated heterocycles. The van der Waals surface area contributed by atoms with Gasteiger partial charge in [-0.2, -0.15) is 4.68 Å². The van der Waals surface area contributed by atoms with Gasteiger partial charge in [-0.15, -0.1) is 5.10 Å². The van der Waals surface area contributed by atoms with Crippen molar-refractivity contribution in [1.82, 2.24) is 29.6 Å². The quantitative estimate of drug-likeness (QED) is 0.452. The van der Waals surface area contributed by atoms with Gasteiger partial charge in [0.15, 0.2) is 5.82 Å². The summed E-state index contributed by atoms with van der Waals surface area (Å²) in [6.07, 6.45) is 3.18. The van der Waals surface area contributed by atoms with E-state index in [0.29, 0.717) is 26.7 Å². The van der Waals surface area contributed by atoms with Gasteiger partial charge in [-0.05, 0) is 25.1 Å². The lowest BCUT2D eigenvalue weighted by Gasteiger charge is -2.21. The number of hydrogen-bond donors (Lipinski definition) is 0. The van der Waals surface area contributed by atoms with E-state index in [1.165, 1.54) is 9.58 Å². The molecular formula is C16H11IN6O2. The largest absolute Gasteiger partial charge is 0.269 e. The molecule has 0 bridgehead atoms. The van der Waals surface area contributed by atoms with Gasteiger partial charge < -0.3 is 0 Å². The zero-order valence-electron chi connectivity index (χ0n) is 13.0. The molecule has 0 aliphatic carbocycles. The molecule has 0 saturated carbocycles. The zero-order chi connectivity index (χ0) is 17.6. The van der Waals surface area contributed by atoms with Crippen LogP contribution < -0.4 is 0 Å². The summed E-state index contributed by atoms with van der Waals surface area (Å²) in [5, 5.41) is 4.29. The predicted molar refractivity (Wildman–Crippen MR) is 95.0 cm³/mol. The van der Waals surface area contributed by atoms with Crippen molar-refractivity contribution in [1.29, 1.82) is 0 Å². The number of hydrogen-bond acceptors (Lipinski definition) is 6. The molecule has 0 spiro atoms. The van der Waals surface area contributed by atoms with Gasteiger partial charge in [0.2, 0.25) is 3.83 Å². The second kappa shape index (κ2) is 5.99. The molecule has 1 aromatic carbocycles. The van der Waals surface area contributed by atoms with Crippen molar-refractivity contribution in [3.8, 4) is 5.95 Å². The van der Waals surface area contributed by atoms with Gasteiger partial charge in [-0.3, -0.25) is 14.5 Å². The van der Waals surface area contributed by atoms with Crippen LogP contribution in [0.25, 0.3) is 5.95 Å². The SMILES string of the molecule is CC(c1nc(I)nn1-c1ncccn1)N1C(=O)c2ccccc2C1=O. The molecule has 4 rings (SSSR count). The van der Waals surface area contributed by atoms with Crippen molar-refractivity contribution >= 4 is 34.4 Å². The number of amides is 2. The molecule has 1 aliphatic rings. The number of imide groups is 1. The summed E-state index contributed by atoms with van der Waals surface area (Å²) in [5.41, 5.74) is 0.798. The van der Waals surface area contributed by atoms with Crippen LogP contribution in [0.4, 0.5) is 0 Å². The Morgan fingerprint density at radius 2 is 1.60 bits per heavy atom. The van der Waals surface area contributed by atoms with Crippen LogP contribution in [0, 0.1) is 3.83 Å². The fraction of sp³-hybridized carbons (Fsp3) is 0.125. The van der Waals surface area contributed by atoms with E-state index >= 15 is 0 Å². The number of aromatic nitrogens is 5. The highest BCUT2D eigenvalue weighted by atomic mass is 127. The van der Waals surface area contributed by atoms with E-state index in [0.717, 1.165) is 0 Å². The fourth-order valence-electron chi connectivity index (χ4n) is 2.79. The maximum atomic E-state index is 12.7. The van der Waals surface area contributed by atoms with Gasteiger partial charge in [-0.25, -0.2) is 15.0 Å². The van der Waals surface area contributed by atoms with Crippen LogP contribution in [0.3, 0.4) is 0 Å². The first-order valence-electron chi connectivity index (χ1n) is 7.44. The lowest BCUT2D eigenvalue weighted by atomic mass is 10.1. The van der Waals surface area contributed by atoms with Crippen LogP contribution in [0.5, 0.6) is 0 Å². The van der Waals surface area contributed by atoms with Crippen molar-refractivity contribution in [2.75, 3.05) is 0 Å². The van der Waals surface area contributed by atoms with Crippen molar-refractivity contribution in [2.24, 2.45) is 0 Å². The predicted octanol–water partition coefficient (Wildman–Crippen LogP) is 2.02. The van der Waals surface area contributed by atoms with E-state index in [2.05, 4.69) is 20.1 Å². The molecule has 0 radical (unpaired) electrons. The van der Waals surface area contributed by atoms with Crippen LogP contribution >= 0.6 is 22.6 Å². The first kappa shape index (κ1) is 15.8. The van der Waals surface area contributed by atoms with Gasteiger partial charge in [0, 0.05) is 35.0 Å². The molecule has 124 valence electrons. The van der Waals surface area contributed by atoms with Crippen LogP contribution in [0.15, 0.2) is 42.7 Å². The highest BCUT2D eigenvalue weighted by Gasteiger charge is 2.40.